The van der Waals surface area contributed by atoms with Gasteiger partial charge in [0.05, 0.1) is 11.6 Å². The van der Waals surface area contributed by atoms with Crippen molar-refractivity contribution in [3.8, 4) is 0 Å². The summed E-state index contributed by atoms with van der Waals surface area (Å²) in [5.74, 6) is -0.0216. The Hall–Kier alpha value is -2.03. The molecule has 0 fully saturated rings. The third-order valence-electron chi connectivity index (χ3n) is 3.44. The van der Waals surface area contributed by atoms with Crippen LogP contribution in [0.1, 0.15) is 39.6 Å². The molecule has 2 aromatic heterocycles. The molecule has 0 saturated heterocycles. The minimum Gasteiger partial charge on any atom is -0.292 e. The second-order valence-corrected chi connectivity index (χ2v) is 4.72. The van der Waals surface area contributed by atoms with Crippen LogP contribution in [0.3, 0.4) is 0 Å². The molecule has 1 unspecified atom stereocenters. The number of pyridine rings is 2. The van der Waals surface area contributed by atoms with Gasteiger partial charge in [0.25, 0.3) is 0 Å². The highest BCUT2D eigenvalue weighted by atomic mass is 16.1. The molecule has 3 nitrogen and oxygen atoms in total. The molecule has 2 heterocycles. The molecule has 1 aliphatic rings. The normalized spacial score (nSPS) is 17.5. The van der Waals surface area contributed by atoms with Gasteiger partial charge in [-0.1, -0.05) is 6.07 Å². The zero-order valence-electron chi connectivity index (χ0n) is 10.3. The van der Waals surface area contributed by atoms with Crippen molar-refractivity contribution in [1.82, 2.24) is 9.97 Å². The molecule has 0 aromatic carbocycles. The average Bonchev–Trinajstić information content (AvgIpc) is 2.82. The Morgan fingerprint density at radius 3 is 3.00 bits per heavy atom. The van der Waals surface area contributed by atoms with Gasteiger partial charge in [-0.3, -0.25) is 14.8 Å². The Bertz CT molecular complexity index is 607. The van der Waals surface area contributed by atoms with Gasteiger partial charge in [-0.25, -0.2) is 0 Å². The summed E-state index contributed by atoms with van der Waals surface area (Å²) in [6.45, 7) is 1.97. The maximum atomic E-state index is 12.5. The summed E-state index contributed by atoms with van der Waals surface area (Å²) in [6.07, 6.45) is 5.23. The first kappa shape index (κ1) is 11.1. The summed E-state index contributed by atoms with van der Waals surface area (Å²) in [7, 11) is 0. The first-order valence-electron chi connectivity index (χ1n) is 6.16. The molecular weight excluding hydrogens is 224 g/mol. The van der Waals surface area contributed by atoms with Crippen LogP contribution < -0.4 is 0 Å². The van der Waals surface area contributed by atoms with E-state index in [4.69, 9.17) is 0 Å². The average molecular weight is 238 g/mol. The Labute approximate surface area is 106 Å². The van der Waals surface area contributed by atoms with Crippen molar-refractivity contribution in [3.05, 3.63) is 59.2 Å². The van der Waals surface area contributed by atoms with Crippen molar-refractivity contribution < 1.29 is 4.79 Å². The summed E-state index contributed by atoms with van der Waals surface area (Å²) >= 11 is 0. The fourth-order valence-corrected chi connectivity index (χ4v) is 2.52. The fraction of sp³-hybridized carbons (Fsp3) is 0.267. The lowest BCUT2D eigenvalue weighted by Crippen LogP contribution is -2.13. The van der Waals surface area contributed by atoms with Crippen molar-refractivity contribution in [1.29, 1.82) is 0 Å². The van der Waals surface area contributed by atoms with Gasteiger partial charge in [0.2, 0.25) is 0 Å². The van der Waals surface area contributed by atoms with Gasteiger partial charge in [-0.2, -0.15) is 0 Å². The molecule has 0 saturated carbocycles. The molecule has 1 aliphatic carbocycles. The fourth-order valence-electron chi connectivity index (χ4n) is 2.52. The number of hydrogen-bond acceptors (Lipinski definition) is 3. The van der Waals surface area contributed by atoms with E-state index < -0.39 is 0 Å². The number of hydrogen-bond donors (Lipinski definition) is 0. The molecule has 0 N–H and O–H groups in total. The highest BCUT2D eigenvalue weighted by Crippen LogP contribution is 2.33. The second-order valence-electron chi connectivity index (χ2n) is 4.72. The van der Waals surface area contributed by atoms with E-state index in [1.807, 2.05) is 25.1 Å². The van der Waals surface area contributed by atoms with E-state index >= 15 is 0 Å². The minimum absolute atomic E-state index is 0.0937. The second kappa shape index (κ2) is 4.33. The third-order valence-corrected chi connectivity index (χ3v) is 3.44. The smallest absolute Gasteiger partial charge is 0.190 e. The van der Waals surface area contributed by atoms with Gasteiger partial charge in [-0.05, 0) is 49.1 Å². The van der Waals surface area contributed by atoms with E-state index in [-0.39, 0.29) is 11.7 Å². The van der Waals surface area contributed by atoms with E-state index in [2.05, 4.69) is 16.0 Å². The molecule has 0 bridgehead atoms. The van der Waals surface area contributed by atoms with Crippen LogP contribution in [0.15, 0.2) is 36.7 Å². The Balaban J connectivity index is 1.96. The lowest BCUT2D eigenvalue weighted by molar-refractivity contribution is 0.0953. The molecule has 18 heavy (non-hydrogen) atoms. The topological polar surface area (TPSA) is 42.9 Å². The summed E-state index contributed by atoms with van der Waals surface area (Å²) in [4.78, 5) is 21.0. The van der Waals surface area contributed by atoms with E-state index in [0.29, 0.717) is 5.69 Å². The maximum absolute atomic E-state index is 12.5. The lowest BCUT2D eigenvalue weighted by Gasteiger charge is -2.09. The molecule has 0 spiro atoms. The molecule has 3 rings (SSSR count). The number of ketones is 1. The third kappa shape index (κ3) is 1.82. The zero-order chi connectivity index (χ0) is 12.5. The summed E-state index contributed by atoms with van der Waals surface area (Å²) in [6, 6.07) is 7.73. The van der Waals surface area contributed by atoms with E-state index in [1.54, 1.807) is 12.4 Å². The number of aromatic nitrogens is 2. The SMILES string of the molecule is Cc1ccnc(C(=O)C2CCc3cccnc32)c1. The van der Waals surface area contributed by atoms with Crippen molar-refractivity contribution in [2.75, 3.05) is 0 Å². The summed E-state index contributed by atoms with van der Waals surface area (Å²) in [5, 5.41) is 0. The van der Waals surface area contributed by atoms with Crippen LogP contribution in [0, 0.1) is 6.92 Å². The largest absolute Gasteiger partial charge is 0.292 e. The predicted octanol–water partition coefficient (Wildman–Crippen LogP) is 2.70. The number of fused-ring (bicyclic) bond motifs is 1. The van der Waals surface area contributed by atoms with Gasteiger partial charge >= 0.3 is 0 Å². The molecule has 1 atom stereocenters. The summed E-state index contributed by atoms with van der Waals surface area (Å²) in [5.41, 5.74) is 3.75. The van der Waals surface area contributed by atoms with Crippen molar-refractivity contribution >= 4 is 5.78 Å². The number of aryl methyl sites for hydroxylation is 2. The van der Waals surface area contributed by atoms with Crippen LogP contribution in [-0.2, 0) is 6.42 Å². The van der Waals surface area contributed by atoms with Crippen LogP contribution in [0.5, 0.6) is 0 Å². The van der Waals surface area contributed by atoms with E-state index in [0.717, 1.165) is 24.1 Å². The van der Waals surface area contributed by atoms with Gasteiger partial charge < -0.3 is 0 Å². The molecule has 0 aliphatic heterocycles. The number of Topliss-reactive ketones (excluding diaryl/α,β-unsaturated/α-hetero) is 1. The van der Waals surface area contributed by atoms with Crippen LogP contribution in [0.2, 0.25) is 0 Å². The summed E-state index contributed by atoms with van der Waals surface area (Å²) < 4.78 is 0. The first-order chi connectivity index (χ1) is 8.75. The van der Waals surface area contributed by atoms with Crippen molar-refractivity contribution in [3.63, 3.8) is 0 Å². The van der Waals surface area contributed by atoms with Gasteiger partial charge in [0.15, 0.2) is 5.78 Å². The zero-order valence-corrected chi connectivity index (χ0v) is 10.3. The molecular formula is C15H14N2O. The van der Waals surface area contributed by atoms with E-state index in [9.17, 15) is 4.79 Å². The Morgan fingerprint density at radius 2 is 2.17 bits per heavy atom. The minimum atomic E-state index is -0.115. The highest BCUT2D eigenvalue weighted by molar-refractivity contribution is 5.99. The van der Waals surface area contributed by atoms with Gasteiger partial charge in [0.1, 0.15) is 5.69 Å². The van der Waals surface area contributed by atoms with Gasteiger partial charge in [0, 0.05) is 12.4 Å². The molecule has 90 valence electrons. The van der Waals surface area contributed by atoms with Crippen molar-refractivity contribution in [2.24, 2.45) is 0 Å². The van der Waals surface area contributed by atoms with Crippen LogP contribution >= 0.6 is 0 Å². The molecule has 3 heteroatoms. The Morgan fingerprint density at radius 1 is 1.28 bits per heavy atom. The number of carbonyl (C=O) groups is 1. The maximum Gasteiger partial charge on any atom is 0.190 e. The predicted molar refractivity (Wildman–Crippen MR) is 68.6 cm³/mol. The highest BCUT2D eigenvalue weighted by Gasteiger charge is 2.30. The van der Waals surface area contributed by atoms with Crippen molar-refractivity contribution in [2.45, 2.75) is 25.7 Å². The Kier molecular flexibility index (Phi) is 2.67. The number of nitrogens with zero attached hydrogens (tertiary/aromatic N) is 2. The molecule has 0 radical (unpaired) electrons. The lowest BCUT2D eigenvalue weighted by atomic mass is 9.98. The molecule has 0 amide bonds. The standard InChI is InChI=1S/C15H14N2O/c1-10-6-8-16-13(9-10)15(18)12-5-4-11-3-2-7-17-14(11)12/h2-3,6-9,12H,4-5H2,1H3. The molecule has 2 aromatic rings. The van der Waals surface area contributed by atoms with Gasteiger partial charge in [-0.15, -0.1) is 0 Å². The van der Waals surface area contributed by atoms with Crippen LogP contribution in [0.25, 0.3) is 0 Å². The van der Waals surface area contributed by atoms with Crippen LogP contribution in [0.4, 0.5) is 0 Å². The number of carbonyl (C=O) groups excluding carboxylic acids is 1. The monoisotopic (exact) mass is 238 g/mol. The number of rotatable bonds is 2. The van der Waals surface area contributed by atoms with E-state index in [1.165, 1.54) is 5.56 Å². The quantitative estimate of drug-likeness (QED) is 0.755. The first-order valence-corrected chi connectivity index (χ1v) is 6.16. The van der Waals surface area contributed by atoms with Crippen LogP contribution in [-0.4, -0.2) is 15.8 Å².